The number of carbonyl (C=O) groups excluding carboxylic acids is 3. The number of methoxy groups -OCH3 is 1. The molecule has 0 saturated carbocycles. The summed E-state index contributed by atoms with van der Waals surface area (Å²) < 4.78 is 5.55. The van der Waals surface area contributed by atoms with Crippen molar-refractivity contribution in [2.24, 2.45) is 5.92 Å². The van der Waals surface area contributed by atoms with Crippen molar-refractivity contribution in [2.75, 3.05) is 18.2 Å². The quantitative estimate of drug-likeness (QED) is 0.425. The second-order valence-corrected chi connectivity index (χ2v) is 9.06. The molecule has 1 aliphatic heterocycles. The van der Waals surface area contributed by atoms with Crippen LogP contribution in [0.3, 0.4) is 0 Å². The maximum atomic E-state index is 12.8. The highest BCUT2D eigenvalue weighted by Crippen LogP contribution is 2.40. The molecule has 0 aromatic heterocycles. The summed E-state index contributed by atoms with van der Waals surface area (Å²) in [5, 5.41) is 16.0. The number of anilines is 1. The Morgan fingerprint density at radius 3 is 2.62 bits per heavy atom. The van der Waals surface area contributed by atoms with Crippen molar-refractivity contribution in [1.82, 2.24) is 5.32 Å². The summed E-state index contributed by atoms with van der Waals surface area (Å²) in [6.07, 6.45) is 0. The number of rotatable bonds is 6. The topological polar surface area (TPSA) is 108 Å². The van der Waals surface area contributed by atoms with Crippen LogP contribution < -0.4 is 10.6 Å². The average molecular weight is 535 g/mol. The van der Waals surface area contributed by atoms with Gasteiger partial charge in [0.1, 0.15) is 5.92 Å². The van der Waals surface area contributed by atoms with Gasteiger partial charge in [-0.1, -0.05) is 51.4 Å². The zero-order valence-electron chi connectivity index (χ0n) is 16.7. The molecule has 2 aromatic rings. The Kier molecular flexibility index (Phi) is 7.96. The predicted octanol–water partition coefficient (Wildman–Crippen LogP) is 4.21. The van der Waals surface area contributed by atoms with Crippen LogP contribution in [0.4, 0.5) is 5.69 Å². The molecule has 2 atom stereocenters. The minimum Gasteiger partial charge on any atom is -0.468 e. The summed E-state index contributed by atoms with van der Waals surface area (Å²) >= 11 is 10.2. The fourth-order valence-corrected chi connectivity index (χ4v) is 4.64. The molecule has 0 radical (unpaired) electrons. The molecule has 7 nitrogen and oxygen atoms in total. The maximum absolute atomic E-state index is 12.8. The number of thioether (sulfide) groups is 1. The monoisotopic (exact) mass is 533 g/mol. The highest BCUT2D eigenvalue weighted by molar-refractivity contribution is 9.10. The molecule has 164 valence electrons. The number of halogens is 2. The fourth-order valence-electron chi connectivity index (χ4n) is 3.25. The van der Waals surface area contributed by atoms with Crippen molar-refractivity contribution in [3.8, 4) is 6.07 Å². The Morgan fingerprint density at radius 2 is 2.00 bits per heavy atom. The van der Waals surface area contributed by atoms with Crippen LogP contribution in [0.25, 0.3) is 0 Å². The molecule has 10 heteroatoms. The van der Waals surface area contributed by atoms with E-state index in [9.17, 15) is 19.6 Å². The van der Waals surface area contributed by atoms with Crippen LogP contribution in [0.15, 0.2) is 63.6 Å². The van der Waals surface area contributed by atoms with Gasteiger partial charge in [-0.3, -0.25) is 14.4 Å². The molecule has 0 unspecified atom stereocenters. The number of nitriles is 1. The SMILES string of the molecule is COC(=O)[C@H]1C(=O)NC(SCC(=O)Nc2ccc(Cl)cc2)=C(C#N)[C@H]1c1cccc(Br)c1. The second kappa shape index (κ2) is 10.7. The van der Waals surface area contributed by atoms with Gasteiger partial charge in [0.25, 0.3) is 0 Å². The normalized spacial score (nSPS) is 17.9. The van der Waals surface area contributed by atoms with E-state index in [-0.39, 0.29) is 22.3 Å². The second-order valence-electron chi connectivity index (χ2n) is 6.72. The highest BCUT2D eigenvalue weighted by atomic mass is 79.9. The average Bonchev–Trinajstić information content (AvgIpc) is 2.78. The molecule has 2 aromatic carbocycles. The lowest BCUT2D eigenvalue weighted by Crippen LogP contribution is -2.44. The molecule has 0 bridgehead atoms. The molecule has 0 spiro atoms. The fraction of sp³-hybridized carbons (Fsp3) is 0.182. The van der Waals surface area contributed by atoms with Gasteiger partial charge in [0, 0.05) is 21.1 Å². The van der Waals surface area contributed by atoms with E-state index >= 15 is 0 Å². The van der Waals surface area contributed by atoms with Crippen LogP contribution in [0.2, 0.25) is 5.02 Å². The van der Waals surface area contributed by atoms with E-state index < -0.39 is 23.7 Å². The molecule has 0 fully saturated rings. The van der Waals surface area contributed by atoms with Crippen LogP contribution in [0.5, 0.6) is 0 Å². The zero-order valence-corrected chi connectivity index (χ0v) is 19.9. The van der Waals surface area contributed by atoms with Crippen LogP contribution in [-0.2, 0) is 19.1 Å². The van der Waals surface area contributed by atoms with Gasteiger partial charge in [0.05, 0.1) is 29.5 Å². The summed E-state index contributed by atoms with van der Waals surface area (Å²) in [5.41, 5.74) is 1.35. The Labute approximate surface area is 202 Å². The standard InChI is InChI=1S/C22H17BrClN3O4S/c1-31-22(30)19-18(12-3-2-4-13(23)9-12)16(10-25)21(27-20(19)29)32-11-17(28)26-15-7-5-14(24)6-8-15/h2-9,18-19H,11H2,1H3,(H,26,28)(H,27,29)/t18-,19-/m1/s1. The summed E-state index contributed by atoms with van der Waals surface area (Å²) in [6, 6.07) is 15.8. The molecule has 3 rings (SSSR count). The molecule has 2 amide bonds. The lowest BCUT2D eigenvalue weighted by Gasteiger charge is -2.31. The predicted molar refractivity (Wildman–Crippen MR) is 126 cm³/mol. The van der Waals surface area contributed by atoms with E-state index in [1.54, 1.807) is 48.5 Å². The van der Waals surface area contributed by atoms with Gasteiger partial charge in [-0.25, -0.2) is 0 Å². The molecule has 0 aliphatic carbocycles. The Balaban J connectivity index is 1.88. The Bertz CT molecular complexity index is 1130. The van der Waals surface area contributed by atoms with E-state index in [1.807, 2.05) is 0 Å². The first-order valence-corrected chi connectivity index (χ1v) is 11.5. The third kappa shape index (κ3) is 5.51. The maximum Gasteiger partial charge on any atom is 0.319 e. The number of amides is 2. The molecule has 32 heavy (non-hydrogen) atoms. The van der Waals surface area contributed by atoms with Gasteiger partial charge in [-0.15, -0.1) is 0 Å². The van der Waals surface area contributed by atoms with Crippen molar-refractivity contribution in [3.05, 3.63) is 74.2 Å². The van der Waals surface area contributed by atoms with Crippen molar-refractivity contribution in [3.63, 3.8) is 0 Å². The van der Waals surface area contributed by atoms with Gasteiger partial charge in [0.15, 0.2) is 0 Å². The largest absolute Gasteiger partial charge is 0.468 e. The van der Waals surface area contributed by atoms with Crippen molar-refractivity contribution in [1.29, 1.82) is 5.26 Å². The van der Waals surface area contributed by atoms with Gasteiger partial charge in [-0.05, 0) is 42.0 Å². The number of hydrogen-bond acceptors (Lipinski definition) is 6. The first kappa shape index (κ1) is 23.9. The number of allylic oxidation sites excluding steroid dienone is 1. The lowest BCUT2D eigenvalue weighted by atomic mass is 9.78. The van der Waals surface area contributed by atoms with Gasteiger partial charge in [0.2, 0.25) is 11.8 Å². The number of nitrogens with one attached hydrogen (secondary N) is 2. The van der Waals surface area contributed by atoms with Crippen LogP contribution in [-0.4, -0.2) is 30.6 Å². The Morgan fingerprint density at radius 1 is 1.28 bits per heavy atom. The van der Waals surface area contributed by atoms with Crippen molar-refractivity contribution in [2.45, 2.75) is 5.92 Å². The summed E-state index contributed by atoms with van der Waals surface area (Å²) in [5.74, 6) is -3.80. The summed E-state index contributed by atoms with van der Waals surface area (Å²) in [7, 11) is 1.19. The summed E-state index contributed by atoms with van der Waals surface area (Å²) in [4.78, 5) is 37.6. The molecule has 0 saturated heterocycles. The van der Waals surface area contributed by atoms with E-state index in [1.165, 1.54) is 7.11 Å². The number of esters is 1. The van der Waals surface area contributed by atoms with Gasteiger partial charge < -0.3 is 15.4 Å². The van der Waals surface area contributed by atoms with Gasteiger partial charge in [-0.2, -0.15) is 5.26 Å². The third-order valence-corrected chi connectivity index (χ3v) is 6.43. The third-order valence-electron chi connectivity index (χ3n) is 4.67. The number of carbonyl (C=O) groups is 3. The van der Waals surface area contributed by atoms with E-state index in [0.717, 1.165) is 16.2 Å². The molecular weight excluding hydrogens is 518 g/mol. The molecule has 1 heterocycles. The van der Waals surface area contributed by atoms with Crippen LogP contribution in [0.1, 0.15) is 11.5 Å². The first-order chi connectivity index (χ1) is 15.3. The van der Waals surface area contributed by atoms with Gasteiger partial charge >= 0.3 is 5.97 Å². The zero-order chi connectivity index (χ0) is 23.3. The number of benzene rings is 2. The number of hydrogen-bond donors (Lipinski definition) is 2. The van der Waals surface area contributed by atoms with E-state index in [0.29, 0.717) is 16.3 Å². The highest BCUT2D eigenvalue weighted by Gasteiger charge is 2.44. The number of ether oxygens (including phenoxy) is 1. The summed E-state index contributed by atoms with van der Waals surface area (Å²) in [6.45, 7) is 0. The molecule has 2 N–H and O–H groups in total. The minimum atomic E-state index is -1.23. The smallest absolute Gasteiger partial charge is 0.319 e. The van der Waals surface area contributed by atoms with E-state index in [4.69, 9.17) is 16.3 Å². The van der Waals surface area contributed by atoms with Crippen molar-refractivity contribution >= 4 is 62.8 Å². The lowest BCUT2D eigenvalue weighted by molar-refractivity contribution is -0.150. The first-order valence-electron chi connectivity index (χ1n) is 9.30. The van der Waals surface area contributed by atoms with Crippen LogP contribution >= 0.6 is 39.3 Å². The minimum absolute atomic E-state index is 0.0580. The number of nitrogens with zero attached hydrogens (tertiary/aromatic N) is 1. The van der Waals surface area contributed by atoms with Crippen molar-refractivity contribution < 1.29 is 19.1 Å². The van der Waals surface area contributed by atoms with E-state index in [2.05, 4.69) is 32.6 Å². The molecular formula is C22H17BrClN3O4S. The Hall–Kier alpha value is -2.80. The van der Waals surface area contributed by atoms with Crippen LogP contribution in [0, 0.1) is 17.2 Å². The molecule has 1 aliphatic rings.